The molecule has 1 fully saturated rings. The summed E-state index contributed by atoms with van der Waals surface area (Å²) < 4.78 is 5.12. The van der Waals surface area contributed by atoms with Gasteiger partial charge >= 0.3 is 6.09 Å². The second-order valence-electron chi connectivity index (χ2n) is 6.79. The van der Waals surface area contributed by atoms with Gasteiger partial charge in [-0.15, -0.1) is 16.4 Å². The van der Waals surface area contributed by atoms with Crippen LogP contribution in [0.4, 0.5) is 22.2 Å². The minimum absolute atomic E-state index is 0.0896. The number of anilines is 3. The number of benzene rings is 1. The molecule has 0 aliphatic carbocycles. The smallest absolute Gasteiger partial charge is 0.430 e. The molecule has 30 heavy (non-hydrogen) atoms. The van der Waals surface area contributed by atoms with E-state index < -0.39 is 6.09 Å². The highest BCUT2D eigenvalue weighted by Crippen LogP contribution is 2.29. The van der Waals surface area contributed by atoms with Crippen molar-refractivity contribution in [2.45, 2.75) is 19.4 Å². The lowest BCUT2D eigenvalue weighted by atomic mass is 10.1. The van der Waals surface area contributed by atoms with Gasteiger partial charge in [-0.05, 0) is 30.7 Å². The lowest BCUT2D eigenvalue weighted by molar-refractivity contribution is -0.105. The van der Waals surface area contributed by atoms with Crippen molar-refractivity contribution in [2.24, 2.45) is 0 Å². The molecule has 1 aromatic carbocycles. The number of aromatic nitrogens is 3. The lowest BCUT2D eigenvalue weighted by Gasteiger charge is -2.40. The van der Waals surface area contributed by atoms with Crippen LogP contribution in [0, 0.1) is 0 Å². The number of thiazole rings is 1. The first kappa shape index (κ1) is 20.1. The maximum absolute atomic E-state index is 12.3. The largest absolute Gasteiger partial charge is 0.497 e. The molecule has 1 atom stereocenters. The van der Waals surface area contributed by atoms with Gasteiger partial charge in [-0.1, -0.05) is 6.92 Å². The minimum atomic E-state index is -0.531. The van der Waals surface area contributed by atoms with Crippen LogP contribution < -0.4 is 20.7 Å². The van der Waals surface area contributed by atoms with E-state index in [9.17, 15) is 4.79 Å². The van der Waals surface area contributed by atoms with Crippen LogP contribution in [0.5, 0.6) is 5.75 Å². The SMILES string of the molecule is CC[C@H]1CN(OC(=O)Nc2ccc(OC)cc2)CCN1c1nc(N)nc2scnc12. The Morgan fingerprint density at radius 1 is 1.30 bits per heavy atom. The van der Waals surface area contributed by atoms with Crippen molar-refractivity contribution >= 4 is 45.2 Å². The van der Waals surface area contributed by atoms with Crippen LogP contribution in [-0.4, -0.2) is 58.9 Å². The summed E-state index contributed by atoms with van der Waals surface area (Å²) >= 11 is 1.44. The Morgan fingerprint density at radius 2 is 2.10 bits per heavy atom. The molecule has 0 bridgehead atoms. The number of nitrogens with one attached hydrogen (secondary N) is 1. The summed E-state index contributed by atoms with van der Waals surface area (Å²) in [4.78, 5) is 33.9. The topological polar surface area (TPSA) is 119 Å². The van der Waals surface area contributed by atoms with Gasteiger partial charge in [-0.25, -0.2) is 14.8 Å². The minimum Gasteiger partial charge on any atom is -0.497 e. The van der Waals surface area contributed by atoms with E-state index in [2.05, 4.69) is 32.1 Å². The zero-order chi connectivity index (χ0) is 21.1. The zero-order valence-electron chi connectivity index (χ0n) is 16.7. The fraction of sp³-hybridized carbons (Fsp3) is 0.368. The maximum atomic E-state index is 12.3. The van der Waals surface area contributed by atoms with Crippen molar-refractivity contribution in [3.63, 3.8) is 0 Å². The number of nitrogen functional groups attached to an aromatic ring is 1. The van der Waals surface area contributed by atoms with E-state index in [0.29, 0.717) is 25.3 Å². The molecule has 0 unspecified atom stereocenters. The number of hydrogen-bond acceptors (Lipinski definition) is 10. The van der Waals surface area contributed by atoms with Crippen LogP contribution in [0.3, 0.4) is 0 Å². The molecule has 11 heteroatoms. The van der Waals surface area contributed by atoms with Crippen molar-refractivity contribution in [1.82, 2.24) is 20.0 Å². The Hall–Kier alpha value is -3.18. The van der Waals surface area contributed by atoms with Crippen LogP contribution in [0.2, 0.25) is 0 Å². The summed E-state index contributed by atoms with van der Waals surface area (Å²) in [5, 5.41) is 4.40. The van der Waals surface area contributed by atoms with Gasteiger partial charge in [0.25, 0.3) is 0 Å². The third-order valence-electron chi connectivity index (χ3n) is 4.93. The second kappa shape index (κ2) is 8.67. The number of hydrogen-bond donors (Lipinski definition) is 2. The molecule has 4 rings (SSSR count). The number of piperazine rings is 1. The molecule has 1 amide bonds. The number of carbonyl (C=O) groups is 1. The normalized spacial score (nSPS) is 17.1. The third kappa shape index (κ3) is 4.21. The van der Waals surface area contributed by atoms with Gasteiger partial charge in [0, 0.05) is 18.3 Å². The number of rotatable bonds is 5. The summed E-state index contributed by atoms with van der Waals surface area (Å²) in [7, 11) is 1.59. The van der Waals surface area contributed by atoms with Gasteiger partial charge in [-0.2, -0.15) is 4.98 Å². The summed E-state index contributed by atoms with van der Waals surface area (Å²) in [5.74, 6) is 1.68. The molecular weight excluding hydrogens is 406 g/mol. The number of nitrogens with two attached hydrogens (primary N) is 1. The average Bonchev–Trinajstić information content (AvgIpc) is 3.22. The quantitative estimate of drug-likeness (QED) is 0.631. The molecule has 3 heterocycles. The highest BCUT2D eigenvalue weighted by atomic mass is 32.1. The fourth-order valence-electron chi connectivity index (χ4n) is 3.43. The number of fused-ring (bicyclic) bond motifs is 1. The third-order valence-corrected chi connectivity index (χ3v) is 5.65. The van der Waals surface area contributed by atoms with Crippen molar-refractivity contribution in [2.75, 3.05) is 42.7 Å². The monoisotopic (exact) mass is 429 g/mol. The first-order chi connectivity index (χ1) is 14.6. The first-order valence-electron chi connectivity index (χ1n) is 9.58. The summed E-state index contributed by atoms with van der Waals surface area (Å²) in [5.41, 5.74) is 9.02. The highest BCUT2D eigenvalue weighted by Gasteiger charge is 2.31. The highest BCUT2D eigenvalue weighted by molar-refractivity contribution is 7.16. The van der Waals surface area contributed by atoms with E-state index in [1.807, 2.05) is 0 Å². The standard InChI is InChI=1S/C19H23N7O3S/c1-3-13-10-25(29-19(27)22-12-4-6-14(28-2)7-5-12)8-9-26(13)16-15-17(30-11-21-15)24-18(20)23-16/h4-7,11,13H,3,8-10H2,1-2H3,(H,22,27)(H2,20,23,24)/t13-/m0/s1. The maximum Gasteiger partial charge on any atom is 0.430 e. The van der Waals surface area contributed by atoms with E-state index in [-0.39, 0.29) is 12.0 Å². The van der Waals surface area contributed by atoms with Gasteiger partial charge < -0.3 is 20.2 Å². The van der Waals surface area contributed by atoms with Crippen LogP contribution in [0.25, 0.3) is 10.3 Å². The molecule has 3 N–H and O–H groups in total. The number of nitrogens with zero attached hydrogens (tertiary/aromatic N) is 5. The van der Waals surface area contributed by atoms with E-state index in [1.165, 1.54) is 11.3 Å². The predicted octanol–water partition coefficient (Wildman–Crippen LogP) is 2.74. The van der Waals surface area contributed by atoms with Gasteiger partial charge in [0.05, 0.1) is 25.7 Å². The molecule has 0 saturated carbocycles. The molecule has 3 aromatic rings. The Kier molecular flexibility index (Phi) is 5.81. The number of carbonyl (C=O) groups excluding carboxylic acids is 1. The molecule has 1 aliphatic heterocycles. The Balaban J connectivity index is 1.41. The van der Waals surface area contributed by atoms with E-state index in [1.54, 1.807) is 41.9 Å². The molecule has 2 aromatic heterocycles. The van der Waals surface area contributed by atoms with Crippen molar-refractivity contribution < 1.29 is 14.4 Å². The number of hydroxylamine groups is 2. The Bertz CT molecular complexity index is 1030. The summed E-state index contributed by atoms with van der Waals surface area (Å²) in [6.07, 6.45) is 0.312. The second-order valence-corrected chi connectivity index (χ2v) is 7.62. The Morgan fingerprint density at radius 3 is 2.83 bits per heavy atom. The number of methoxy groups -OCH3 is 1. The lowest BCUT2D eigenvalue weighted by Crippen LogP contribution is -2.54. The van der Waals surface area contributed by atoms with Gasteiger partial charge in [0.15, 0.2) is 10.6 Å². The molecular formula is C19H23N7O3S. The molecule has 1 saturated heterocycles. The fourth-order valence-corrected chi connectivity index (χ4v) is 4.09. The van der Waals surface area contributed by atoms with Crippen LogP contribution in [0.15, 0.2) is 29.8 Å². The zero-order valence-corrected chi connectivity index (χ0v) is 17.6. The number of amides is 1. The molecule has 0 radical (unpaired) electrons. The van der Waals surface area contributed by atoms with Crippen LogP contribution in [0.1, 0.15) is 13.3 Å². The van der Waals surface area contributed by atoms with Crippen LogP contribution in [-0.2, 0) is 4.84 Å². The molecule has 10 nitrogen and oxygen atoms in total. The van der Waals surface area contributed by atoms with E-state index in [0.717, 1.165) is 28.3 Å². The molecule has 1 aliphatic rings. The van der Waals surface area contributed by atoms with Gasteiger partial charge in [-0.3, -0.25) is 5.32 Å². The van der Waals surface area contributed by atoms with E-state index in [4.69, 9.17) is 15.3 Å². The van der Waals surface area contributed by atoms with E-state index >= 15 is 0 Å². The van der Waals surface area contributed by atoms with Crippen LogP contribution >= 0.6 is 11.3 Å². The first-order valence-corrected chi connectivity index (χ1v) is 10.5. The van der Waals surface area contributed by atoms with Crippen molar-refractivity contribution in [3.8, 4) is 5.75 Å². The summed E-state index contributed by atoms with van der Waals surface area (Å²) in [6.45, 7) is 3.78. The average molecular weight is 430 g/mol. The van der Waals surface area contributed by atoms with Gasteiger partial charge in [0.2, 0.25) is 5.95 Å². The molecule has 0 spiro atoms. The number of ether oxygens (including phenoxy) is 1. The summed E-state index contributed by atoms with van der Waals surface area (Å²) in [6, 6.07) is 7.14. The molecule has 158 valence electrons. The Labute approximate surface area is 177 Å². The predicted molar refractivity (Wildman–Crippen MR) is 116 cm³/mol. The van der Waals surface area contributed by atoms with Crippen molar-refractivity contribution in [3.05, 3.63) is 29.8 Å². The van der Waals surface area contributed by atoms with Crippen molar-refractivity contribution in [1.29, 1.82) is 0 Å². The van der Waals surface area contributed by atoms with Gasteiger partial charge in [0.1, 0.15) is 11.3 Å².